The summed E-state index contributed by atoms with van der Waals surface area (Å²) in [5.74, 6) is -0.474. The maximum Gasteiger partial charge on any atom is 0.320 e. The molecule has 0 unspecified atom stereocenters. The molecule has 27 heavy (non-hydrogen) atoms. The van der Waals surface area contributed by atoms with E-state index in [1.807, 2.05) is 0 Å². The molecule has 2 heterocycles. The van der Waals surface area contributed by atoms with Crippen molar-refractivity contribution in [3.8, 4) is 0 Å². The molecular formula is C15H11BrCl2N6O3. The molecule has 3 aromatic rings. The first-order valence-corrected chi connectivity index (χ1v) is 8.95. The van der Waals surface area contributed by atoms with Gasteiger partial charge < -0.3 is 5.32 Å². The van der Waals surface area contributed by atoms with Crippen LogP contribution < -0.4 is 5.32 Å². The molecule has 1 N–H and O–H groups in total. The number of aromatic nitrogens is 4. The van der Waals surface area contributed by atoms with Crippen LogP contribution >= 0.6 is 39.1 Å². The molecule has 12 heteroatoms. The van der Waals surface area contributed by atoms with Crippen LogP contribution in [0.15, 0.2) is 35.1 Å². The number of amides is 1. The van der Waals surface area contributed by atoms with Crippen LogP contribution in [0, 0.1) is 10.1 Å². The van der Waals surface area contributed by atoms with Gasteiger partial charge in [-0.25, -0.2) is 0 Å². The van der Waals surface area contributed by atoms with Gasteiger partial charge in [-0.05, 0) is 33.6 Å². The predicted molar refractivity (Wildman–Crippen MR) is 103 cm³/mol. The second-order valence-corrected chi connectivity index (χ2v) is 7.15. The van der Waals surface area contributed by atoms with E-state index >= 15 is 0 Å². The Morgan fingerprint density at radius 3 is 2.78 bits per heavy atom. The Kier molecular flexibility index (Phi) is 5.49. The number of hydrogen-bond acceptors (Lipinski definition) is 5. The molecule has 0 bridgehead atoms. The van der Waals surface area contributed by atoms with Crippen molar-refractivity contribution in [3.05, 3.63) is 66.5 Å². The molecule has 140 valence electrons. The minimum absolute atomic E-state index is 0.175. The van der Waals surface area contributed by atoms with E-state index < -0.39 is 10.8 Å². The number of hydrogen-bond donors (Lipinski definition) is 1. The van der Waals surface area contributed by atoms with Crippen molar-refractivity contribution in [3.63, 3.8) is 0 Å². The normalized spacial score (nSPS) is 10.8. The third-order valence-electron chi connectivity index (χ3n) is 3.61. The fraction of sp³-hybridized carbons (Fsp3) is 0.133. The zero-order valence-corrected chi connectivity index (χ0v) is 16.8. The van der Waals surface area contributed by atoms with Gasteiger partial charge in [0, 0.05) is 13.2 Å². The molecule has 0 aliphatic heterocycles. The Labute approximate surface area is 171 Å². The molecule has 0 radical (unpaired) electrons. The molecule has 0 aliphatic rings. The molecule has 0 atom stereocenters. The van der Waals surface area contributed by atoms with Gasteiger partial charge in [-0.15, -0.1) is 0 Å². The van der Waals surface area contributed by atoms with Crippen molar-refractivity contribution < 1.29 is 9.72 Å². The van der Waals surface area contributed by atoms with Crippen LogP contribution in [0.4, 0.5) is 11.5 Å². The lowest BCUT2D eigenvalue weighted by Gasteiger charge is -2.04. The van der Waals surface area contributed by atoms with Crippen LogP contribution in [0.25, 0.3) is 0 Å². The van der Waals surface area contributed by atoms with Gasteiger partial charge in [0.05, 0.1) is 26.0 Å². The van der Waals surface area contributed by atoms with Gasteiger partial charge in [0.1, 0.15) is 6.20 Å². The number of carbonyl (C=O) groups is 1. The molecule has 0 spiro atoms. The van der Waals surface area contributed by atoms with E-state index in [4.69, 9.17) is 23.2 Å². The summed E-state index contributed by atoms with van der Waals surface area (Å²) in [7, 11) is 1.44. The van der Waals surface area contributed by atoms with Crippen LogP contribution in [0.3, 0.4) is 0 Å². The summed E-state index contributed by atoms with van der Waals surface area (Å²) in [5, 5.41) is 22.5. The van der Waals surface area contributed by atoms with Crippen molar-refractivity contribution in [2.75, 3.05) is 5.32 Å². The molecule has 9 nitrogen and oxygen atoms in total. The average Bonchev–Trinajstić information content (AvgIpc) is 3.14. The number of aryl methyl sites for hydroxylation is 1. The molecular weight excluding hydrogens is 463 g/mol. The molecule has 0 saturated heterocycles. The van der Waals surface area contributed by atoms with Crippen LogP contribution in [-0.4, -0.2) is 30.4 Å². The quantitative estimate of drug-likeness (QED) is 0.446. The second kappa shape index (κ2) is 7.67. The summed E-state index contributed by atoms with van der Waals surface area (Å²) < 4.78 is 3.23. The largest absolute Gasteiger partial charge is 0.320 e. The van der Waals surface area contributed by atoms with E-state index in [9.17, 15) is 14.9 Å². The molecule has 3 rings (SSSR count). The van der Waals surface area contributed by atoms with Gasteiger partial charge in [-0.1, -0.05) is 29.3 Å². The molecule has 0 saturated carbocycles. The number of nitrogens with one attached hydrogen (secondary N) is 1. The van der Waals surface area contributed by atoms with Gasteiger partial charge in [-0.2, -0.15) is 10.2 Å². The maximum atomic E-state index is 12.4. The van der Waals surface area contributed by atoms with Crippen molar-refractivity contribution in [2.24, 2.45) is 7.05 Å². The number of nitro groups is 1. The number of halogens is 3. The number of carbonyl (C=O) groups excluding carboxylic acids is 1. The summed E-state index contributed by atoms with van der Waals surface area (Å²) in [6.07, 6.45) is 2.68. The van der Waals surface area contributed by atoms with Gasteiger partial charge >= 0.3 is 5.69 Å². The topological polar surface area (TPSA) is 108 Å². The number of nitrogens with zero attached hydrogens (tertiary/aromatic N) is 5. The lowest BCUT2D eigenvalue weighted by Crippen LogP contribution is -2.18. The van der Waals surface area contributed by atoms with Crippen LogP contribution in [-0.2, 0) is 13.6 Å². The van der Waals surface area contributed by atoms with Crippen molar-refractivity contribution in [1.29, 1.82) is 0 Å². The van der Waals surface area contributed by atoms with Crippen molar-refractivity contribution in [1.82, 2.24) is 19.6 Å². The molecule has 0 aliphatic carbocycles. The van der Waals surface area contributed by atoms with E-state index in [0.717, 1.165) is 16.4 Å². The predicted octanol–water partition coefficient (Wildman–Crippen LogP) is 3.89. The monoisotopic (exact) mass is 472 g/mol. The highest BCUT2D eigenvalue weighted by Gasteiger charge is 2.26. The van der Waals surface area contributed by atoms with Gasteiger partial charge in [0.25, 0.3) is 5.91 Å². The zero-order chi connectivity index (χ0) is 19.7. The molecule has 2 aromatic heterocycles. The van der Waals surface area contributed by atoms with E-state index in [-0.39, 0.29) is 17.2 Å². The third-order valence-corrected chi connectivity index (χ3v) is 4.93. The van der Waals surface area contributed by atoms with Crippen LogP contribution in [0.5, 0.6) is 0 Å². The van der Waals surface area contributed by atoms with Gasteiger partial charge in [0.2, 0.25) is 5.69 Å². The third kappa shape index (κ3) is 4.12. The lowest BCUT2D eigenvalue weighted by atomic mass is 10.2. The highest BCUT2D eigenvalue weighted by molar-refractivity contribution is 9.10. The van der Waals surface area contributed by atoms with Gasteiger partial charge in [0.15, 0.2) is 5.82 Å². The van der Waals surface area contributed by atoms with Crippen LogP contribution in [0.1, 0.15) is 16.1 Å². The van der Waals surface area contributed by atoms with E-state index in [0.29, 0.717) is 21.1 Å². The average molecular weight is 474 g/mol. The Morgan fingerprint density at radius 2 is 2.11 bits per heavy atom. The van der Waals surface area contributed by atoms with E-state index in [1.54, 1.807) is 29.1 Å². The summed E-state index contributed by atoms with van der Waals surface area (Å²) in [6, 6.07) is 5.21. The first-order valence-electron chi connectivity index (χ1n) is 7.41. The van der Waals surface area contributed by atoms with Crippen LogP contribution in [0.2, 0.25) is 10.0 Å². The number of anilines is 1. The summed E-state index contributed by atoms with van der Waals surface area (Å²) in [5.41, 5.74) is 0.298. The summed E-state index contributed by atoms with van der Waals surface area (Å²) in [4.78, 5) is 22.8. The minimum Gasteiger partial charge on any atom is -0.303 e. The number of rotatable bonds is 5. The second-order valence-electron chi connectivity index (χ2n) is 5.48. The fourth-order valence-electron chi connectivity index (χ4n) is 2.38. The standard InChI is InChI=1S/C15H11BrCl2N6O3/c1-22-13(12(5-19-22)24(26)27)15(25)20-14-9(16)7-23(21-14)6-8-2-3-10(17)11(18)4-8/h2-5,7H,6H2,1H3,(H,20,21,25). The van der Waals surface area contributed by atoms with E-state index in [2.05, 4.69) is 31.4 Å². The SMILES string of the molecule is Cn1ncc([N+](=O)[O-])c1C(=O)Nc1nn(Cc2ccc(Cl)c(Cl)c2)cc1Br. The highest BCUT2D eigenvalue weighted by atomic mass is 79.9. The highest BCUT2D eigenvalue weighted by Crippen LogP contribution is 2.25. The molecule has 1 amide bonds. The van der Waals surface area contributed by atoms with E-state index in [1.165, 1.54) is 7.05 Å². The Morgan fingerprint density at radius 1 is 1.37 bits per heavy atom. The molecule has 0 fully saturated rings. The maximum absolute atomic E-state index is 12.4. The Bertz CT molecular complexity index is 1050. The van der Waals surface area contributed by atoms with Crippen molar-refractivity contribution >= 4 is 56.5 Å². The smallest absolute Gasteiger partial charge is 0.303 e. The first kappa shape index (κ1) is 19.3. The fourth-order valence-corrected chi connectivity index (χ4v) is 3.11. The van der Waals surface area contributed by atoms with Crippen molar-refractivity contribution in [2.45, 2.75) is 6.54 Å². The lowest BCUT2D eigenvalue weighted by molar-refractivity contribution is -0.385. The Hall–Kier alpha value is -2.43. The minimum atomic E-state index is -0.692. The molecule has 1 aromatic carbocycles. The summed E-state index contributed by atoms with van der Waals surface area (Å²) in [6.45, 7) is 0.386. The zero-order valence-electron chi connectivity index (χ0n) is 13.7. The first-order chi connectivity index (χ1) is 12.8. The number of benzene rings is 1. The Balaban J connectivity index is 1.81. The summed E-state index contributed by atoms with van der Waals surface area (Å²) >= 11 is 15.2. The van der Waals surface area contributed by atoms with Gasteiger partial charge in [-0.3, -0.25) is 24.3 Å².